The van der Waals surface area contributed by atoms with Gasteiger partial charge in [0.1, 0.15) is 5.82 Å². The number of aryl methyl sites for hydroxylation is 1. The van der Waals surface area contributed by atoms with Gasteiger partial charge in [-0.3, -0.25) is 0 Å². The van der Waals surface area contributed by atoms with Gasteiger partial charge in [0.2, 0.25) is 0 Å². The highest BCUT2D eigenvalue weighted by Crippen LogP contribution is 2.27. The molecule has 148 valence electrons. The predicted molar refractivity (Wildman–Crippen MR) is 112 cm³/mol. The van der Waals surface area contributed by atoms with Gasteiger partial charge in [-0.2, -0.15) is 0 Å². The van der Waals surface area contributed by atoms with Crippen LogP contribution in [0.3, 0.4) is 0 Å². The number of hydrogen-bond donors (Lipinski definition) is 2. The van der Waals surface area contributed by atoms with Crippen molar-refractivity contribution in [3.63, 3.8) is 0 Å². The molecule has 7 heteroatoms. The summed E-state index contributed by atoms with van der Waals surface area (Å²) in [6.07, 6.45) is 0. The standard InChI is InChI=1S/C21H27N5O2/c1-5-22-21(23-13-15-10-11-18(27-3)19(12-15)28-4)24-14-20-25-16-8-6-7-9-17(16)26(20)2/h6-12H,5,13-14H2,1-4H3,(H2,22,23,24). The number of imidazole rings is 1. The first kappa shape index (κ1) is 19.5. The van der Waals surface area contributed by atoms with Crippen LogP contribution in [0.15, 0.2) is 47.5 Å². The quantitative estimate of drug-likeness (QED) is 0.486. The molecule has 2 aromatic carbocycles. The third-order valence-corrected chi connectivity index (χ3v) is 4.51. The molecule has 28 heavy (non-hydrogen) atoms. The van der Waals surface area contributed by atoms with E-state index in [0.717, 1.165) is 34.9 Å². The number of nitrogens with zero attached hydrogens (tertiary/aromatic N) is 3. The Morgan fingerprint density at radius 1 is 1.07 bits per heavy atom. The molecular weight excluding hydrogens is 354 g/mol. The molecule has 0 radical (unpaired) electrons. The summed E-state index contributed by atoms with van der Waals surface area (Å²) in [4.78, 5) is 9.37. The van der Waals surface area contributed by atoms with Crippen molar-refractivity contribution >= 4 is 17.0 Å². The Hall–Kier alpha value is -3.22. The molecule has 3 rings (SSSR count). The van der Waals surface area contributed by atoms with E-state index < -0.39 is 0 Å². The second kappa shape index (κ2) is 9.12. The van der Waals surface area contributed by atoms with Crippen molar-refractivity contribution in [3.8, 4) is 11.5 Å². The average molecular weight is 381 g/mol. The van der Waals surface area contributed by atoms with Crippen molar-refractivity contribution in [3.05, 3.63) is 53.9 Å². The van der Waals surface area contributed by atoms with Gasteiger partial charge in [-0.05, 0) is 36.8 Å². The lowest BCUT2D eigenvalue weighted by atomic mass is 10.2. The van der Waals surface area contributed by atoms with Crippen LogP contribution < -0.4 is 20.1 Å². The monoisotopic (exact) mass is 381 g/mol. The molecule has 1 aromatic heterocycles. The highest BCUT2D eigenvalue weighted by Gasteiger charge is 2.08. The Morgan fingerprint density at radius 2 is 1.86 bits per heavy atom. The summed E-state index contributed by atoms with van der Waals surface area (Å²) in [6.45, 7) is 3.93. The maximum Gasteiger partial charge on any atom is 0.191 e. The fourth-order valence-corrected chi connectivity index (χ4v) is 3.01. The van der Waals surface area contributed by atoms with Gasteiger partial charge in [0, 0.05) is 13.6 Å². The molecule has 0 atom stereocenters. The van der Waals surface area contributed by atoms with Crippen LogP contribution in [0.1, 0.15) is 18.3 Å². The Bertz CT molecular complexity index is 965. The topological polar surface area (TPSA) is 72.7 Å². The number of aliphatic imine (C=N–C) groups is 1. The second-order valence-corrected chi connectivity index (χ2v) is 6.31. The lowest BCUT2D eigenvalue weighted by molar-refractivity contribution is 0.354. The number of methoxy groups -OCH3 is 2. The van der Waals surface area contributed by atoms with Crippen molar-refractivity contribution in [2.45, 2.75) is 20.0 Å². The lowest BCUT2D eigenvalue weighted by Crippen LogP contribution is -2.37. The van der Waals surface area contributed by atoms with Crippen molar-refractivity contribution in [2.24, 2.45) is 12.0 Å². The average Bonchev–Trinajstić information content (AvgIpc) is 3.05. The minimum absolute atomic E-state index is 0.526. The molecule has 0 amide bonds. The van der Waals surface area contributed by atoms with Gasteiger partial charge in [-0.15, -0.1) is 0 Å². The van der Waals surface area contributed by atoms with E-state index in [1.165, 1.54) is 0 Å². The Balaban J connectivity index is 1.71. The first-order chi connectivity index (χ1) is 13.7. The van der Waals surface area contributed by atoms with Gasteiger partial charge in [0.25, 0.3) is 0 Å². The van der Waals surface area contributed by atoms with Gasteiger partial charge in [-0.25, -0.2) is 9.98 Å². The minimum Gasteiger partial charge on any atom is -0.493 e. The molecule has 0 aliphatic carbocycles. The number of ether oxygens (including phenoxy) is 2. The van der Waals surface area contributed by atoms with Crippen LogP contribution in [0.4, 0.5) is 0 Å². The maximum absolute atomic E-state index is 5.36. The van der Waals surface area contributed by atoms with E-state index in [4.69, 9.17) is 14.5 Å². The molecule has 0 spiro atoms. The fraction of sp³-hybridized carbons (Fsp3) is 0.333. The SMILES string of the molecule is CCNC(=NCc1ccc(OC)c(OC)c1)NCc1nc2ccccc2n1C. The summed E-state index contributed by atoms with van der Waals surface area (Å²) >= 11 is 0. The van der Waals surface area contributed by atoms with Crippen molar-refractivity contribution in [1.29, 1.82) is 0 Å². The van der Waals surface area contributed by atoms with Crippen molar-refractivity contribution in [2.75, 3.05) is 20.8 Å². The molecular formula is C21H27N5O2. The zero-order chi connectivity index (χ0) is 19.9. The fourth-order valence-electron chi connectivity index (χ4n) is 3.01. The molecule has 0 aliphatic rings. The summed E-state index contributed by atoms with van der Waals surface area (Å²) in [6, 6.07) is 13.9. The zero-order valence-electron chi connectivity index (χ0n) is 16.8. The summed E-state index contributed by atoms with van der Waals surface area (Å²) in [7, 11) is 5.29. The molecule has 1 heterocycles. The number of fused-ring (bicyclic) bond motifs is 1. The van der Waals surface area contributed by atoms with Gasteiger partial charge >= 0.3 is 0 Å². The van der Waals surface area contributed by atoms with Crippen LogP contribution in [-0.2, 0) is 20.1 Å². The number of rotatable bonds is 7. The Morgan fingerprint density at radius 3 is 2.57 bits per heavy atom. The third-order valence-electron chi connectivity index (χ3n) is 4.51. The molecule has 3 aromatic rings. The first-order valence-corrected chi connectivity index (χ1v) is 9.29. The Labute approximate surface area is 165 Å². The summed E-state index contributed by atoms with van der Waals surface area (Å²) in [5.74, 6) is 3.11. The van der Waals surface area contributed by atoms with Crippen molar-refractivity contribution < 1.29 is 9.47 Å². The van der Waals surface area contributed by atoms with Crippen LogP contribution >= 0.6 is 0 Å². The highest BCUT2D eigenvalue weighted by molar-refractivity contribution is 5.80. The molecule has 0 aliphatic heterocycles. The molecule has 0 fully saturated rings. The summed E-state index contributed by atoms with van der Waals surface area (Å²) in [5, 5.41) is 6.63. The molecule has 0 saturated heterocycles. The summed E-state index contributed by atoms with van der Waals surface area (Å²) < 4.78 is 12.7. The number of nitrogens with one attached hydrogen (secondary N) is 2. The normalized spacial score (nSPS) is 11.5. The van der Waals surface area contributed by atoms with Crippen LogP contribution in [0.2, 0.25) is 0 Å². The number of hydrogen-bond acceptors (Lipinski definition) is 4. The largest absolute Gasteiger partial charge is 0.493 e. The molecule has 7 nitrogen and oxygen atoms in total. The van der Waals surface area contributed by atoms with E-state index in [9.17, 15) is 0 Å². The zero-order valence-corrected chi connectivity index (χ0v) is 16.8. The predicted octanol–water partition coefficient (Wildman–Crippen LogP) is 2.85. The van der Waals surface area contributed by atoms with Gasteiger partial charge in [-0.1, -0.05) is 18.2 Å². The van der Waals surface area contributed by atoms with Crippen LogP contribution in [0.5, 0.6) is 11.5 Å². The number of para-hydroxylation sites is 2. The van der Waals surface area contributed by atoms with E-state index >= 15 is 0 Å². The maximum atomic E-state index is 5.36. The van der Waals surface area contributed by atoms with Crippen molar-refractivity contribution in [1.82, 2.24) is 20.2 Å². The van der Waals surface area contributed by atoms with E-state index in [1.807, 2.05) is 50.4 Å². The lowest BCUT2D eigenvalue weighted by Gasteiger charge is -2.12. The minimum atomic E-state index is 0.526. The van der Waals surface area contributed by atoms with Gasteiger partial charge < -0.3 is 24.7 Å². The number of benzene rings is 2. The number of guanidine groups is 1. The van der Waals surface area contributed by atoms with Crippen LogP contribution in [-0.4, -0.2) is 36.3 Å². The van der Waals surface area contributed by atoms with Crippen LogP contribution in [0.25, 0.3) is 11.0 Å². The third kappa shape index (κ3) is 4.36. The second-order valence-electron chi connectivity index (χ2n) is 6.31. The number of aromatic nitrogens is 2. The molecule has 2 N–H and O–H groups in total. The molecule has 0 unspecified atom stereocenters. The molecule has 0 saturated carbocycles. The highest BCUT2D eigenvalue weighted by atomic mass is 16.5. The van der Waals surface area contributed by atoms with E-state index in [0.29, 0.717) is 24.6 Å². The smallest absolute Gasteiger partial charge is 0.191 e. The van der Waals surface area contributed by atoms with Crippen LogP contribution in [0, 0.1) is 0 Å². The summed E-state index contributed by atoms with van der Waals surface area (Å²) in [5.41, 5.74) is 3.15. The van der Waals surface area contributed by atoms with E-state index in [-0.39, 0.29) is 0 Å². The van der Waals surface area contributed by atoms with Gasteiger partial charge in [0.05, 0.1) is 38.3 Å². The first-order valence-electron chi connectivity index (χ1n) is 9.29. The Kier molecular flexibility index (Phi) is 6.37. The van der Waals surface area contributed by atoms with E-state index in [2.05, 4.69) is 26.3 Å². The van der Waals surface area contributed by atoms with E-state index in [1.54, 1.807) is 14.2 Å². The molecule has 0 bridgehead atoms. The van der Waals surface area contributed by atoms with Gasteiger partial charge in [0.15, 0.2) is 17.5 Å².